The highest BCUT2D eigenvalue weighted by Gasteiger charge is 2.42. The van der Waals surface area contributed by atoms with Gasteiger partial charge in [-0.1, -0.05) is 0 Å². The second-order valence-electron chi connectivity index (χ2n) is 6.99. The van der Waals surface area contributed by atoms with Crippen LogP contribution in [0.5, 0.6) is 0 Å². The number of hydrogen-bond acceptors (Lipinski definition) is 3. The second kappa shape index (κ2) is 5.48. The molecular weight excluding hydrogens is 226 g/mol. The molecule has 3 nitrogen and oxygen atoms in total. The molecule has 106 valence electrons. The lowest BCUT2D eigenvalue weighted by Crippen LogP contribution is -2.41. The minimum atomic E-state index is -0.0339. The molecule has 0 amide bonds. The third kappa shape index (κ3) is 3.94. The average Bonchev–Trinajstić information content (AvgIpc) is 3.01. The summed E-state index contributed by atoms with van der Waals surface area (Å²) in [6, 6.07) is 0.776. The van der Waals surface area contributed by atoms with Crippen molar-refractivity contribution in [1.82, 2.24) is 5.32 Å². The molecule has 2 aliphatic rings. The summed E-state index contributed by atoms with van der Waals surface area (Å²) < 4.78 is 11.7. The minimum Gasteiger partial charge on any atom is -0.378 e. The number of ether oxygens (including phenoxy) is 2. The summed E-state index contributed by atoms with van der Waals surface area (Å²) in [6.07, 6.45) is 5.33. The van der Waals surface area contributed by atoms with Crippen LogP contribution >= 0.6 is 0 Å². The first-order valence-electron chi connectivity index (χ1n) is 7.40. The zero-order chi connectivity index (χ0) is 13.2. The molecule has 0 radical (unpaired) electrons. The maximum atomic E-state index is 5.90. The van der Waals surface area contributed by atoms with Crippen molar-refractivity contribution in [3.63, 3.8) is 0 Å². The Labute approximate surface area is 112 Å². The van der Waals surface area contributed by atoms with Crippen molar-refractivity contribution in [2.45, 2.75) is 71.1 Å². The van der Waals surface area contributed by atoms with Crippen molar-refractivity contribution < 1.29 is 9.47 Å². The molecule has 2 atom stereocenters. The molecule has 1 saturated heterocycles. The van der Waals surface area contributed by atoms with E-state index < -0.39 is 0 Å². The summed E-state index contributed by atoms with van der Waals surface area (Å²) in [4.78, 5) is 0. The van der Waals surface area contributed by atoms with Gasteiger partial charge in [0.25, 0.3) is 0 Å². The van der Waals surface area contributed by atoms with E-state index >= 15 is 0 Å². The normalized spacial score (nSPS) is 33.0. The molecule has 0 aromatic carbocycles. The molecular formula is C15H29NO2. The van der Waals surface area contributed by atoms with Gasteiger partial charge < -0.3 is 14.8 Å². The molecule has 0 aromatic heterocycles. The van der Waals surface area contributed by atoms with E-state index in [1.165, 1.54) is 19.3 Å². The standard InChI is InChI=1S/C15H29NO2/c1-12-15(7-9-17-12,11-16-13-5-6-13)8-10-18-14(2,3)4/h12-13,16H,5-11H2,1-4H3. The van der Waals surface area contributed by atoms with Gasteiger partial charge in [0.05, 0.1) is 11.7 Å². The summed E-state index contributed by atoms with van der Waals surface area (Å²) in [6.45, 7) is 11.4. The highest BCUT2D eigenvalue weighted by atomic mass is 16.5. The van der Waals surface area contributed by atoms with Gasteiger partial charge in [-0.2, -0.15) is 0 Å². The van der Waals surface area contributed by atoms with E-state index in [1.54, 1.807) is 0 Å². The zero-order valence-corrected chi connectivity index (χ0v) is 12.4. The Kier molecular flexibility index (Phi) is 4.35. The van der Waals surface area contributed by atoms with Crippen molar-refractivity contribution in [2.75, 3.05) is 19.8 Å². The maximum Gasteiger partial charge on any atom is 0.0617 e. The largest absolute Gasteiger partial charge is 0.378 e. The van der Waals surface area contributed by atoms with Crippen LogP contribution in [-0.2, 0) is 9.47 Å². The third-order valence-corrected chi connectivity index (χ3v) is 4.29. The van der Waals surface area contributed by atoms with Crippen molar-refractivity contribution in [3.05, 3.63) is 0 Å². The van der Waals surface area contributed by atoms with Crippen LogP contribution in [0.1, 0.15) is 53.4 Å². The highest BCUT2D eigenvalue weighted by molar-refractivity contribution is 4.94. The first-order chi connectivity index (χ1) is 8.41. The lowest BCUT2D eigenvalue weighted by Gasteiger charge is -2.34. The van der Waals surface area contributed by atoms with Crippen molar-refractivity contribution in [1.29, 1.82) is 0 Å². The van der Waals surface area contributed by atoms with Gasteiger partial charge in [0, 0.05) is 31.2 Å². The molecule has 18 heavy (non-hydrogen) atoms. The van der Waals surface area contributed by atoms with E-state index in [9.17, 15) is 0 Å². The minimum absolute atomic E-state index is 0.0339. The first-order valence-corrected chi connectivity index (χ1v) is 7.40. The van der Waals surface area contributed by atoms with Crippen LogP contribution < -0.4 is 5.32 Å². The summed E-state index contributed by atoms with van der Waals surface area (Å²) in [5.41, 5.74) is 0.252. The Morgan fingerprint density at radius 3 is 2.56 bits per heavy atom. The van der Waals surface area contributed by atoms with Crippen molar-refractivity contribution in [3.8, 4) is 0 Å². The maximum absolute atomic E-state index is 5.90. The second-order valence-corrected chi connectivity index (χ2v) is 6.99. The van der Waals surface area contributed by atoms with Gasteiger partial charge in [0.2, 0.25) is 0 Å². The van der Waals surface area contributed by atoms with Crippen LogP contribution in [0.2, 0.25) is 0 Å². The van der Waals surface area contributed by atoms with Gasteiger partial charge in [-0.15, -0.1) is 0 Å². The highest BCUT2D eigenvalue weighted by Crippen LogP contribution is 2.38. The van der Waals surface area contributed by atoms with Crippen LogP contribution in [0.15, 0.2) is 0 Å². The Hall–Kier alpha value is -0.120. The van der Waals surface area contributed by atoms with Crippen LogP contribution in [0.4, 0.5) is 0 Å². The van der Waals surface area contributed by atoms with Gasteiger partial charge in [-0.25, -0.2) is 0 Å². The molecule has 1 aliphatic carbocycles. The summed E-state index contributed by atoms with van der Waals surface area (Å²) in [5.74, 6) is 0. The van der Waals surface area contributed by atoms with Crippen molar-refractivity contribution >= 4 is 0 Å². The predicted molar refractivity (Wildman–Crippen MR) is 73.8 cm³/mol. The lowest BCUT2D eigenvalue weighted by atomic mass is 9.78. The number of nitrogens with one attached hydrogen (secondary N) is 1. The summed E-state index contributed by atoms with van der Waals surface area (Å²) in [5, 5.41) is 3.68. The zero-order valence-electron chi connectivity index (χ0n) is 12.4. The Morgan fingerprint density at radius 1 is 1.33 bits per heavy atom. The molecule has 0 spiro atoms. The predicted octanol–water partition coefficient (Wildman–Crippen LogP) is 2.74. The monoisotopic (exact) mass is 255 g/mol. The van der Waals surface area contributed by atoms with E-state index in [2.05, 4.69) is 33.0 Å². The number of hydrogen-bond donors (Lipinski definition) is 1. The SMILES string of the molecule is CC1OCCC1(CCOC(C)(C)C)CNC1CC1. The molecule has 2 unspecified atom stereocenters. The van der Waals surface area contributed by atoms with Crippen LogP contribution in [0.25, 0.3) is 0 Å². The molecule has 0 bridgehead atoms. The molecule has 0 aromatic rings. The van der Waals surface area contributed by atoms with Gasteiger partial charge in [0.1, 0.15) is 0 Å². The Balaban J connectivity index is 1.83. The quantitative estimate of drug-likeness (QED) is 0.791. The molecule has 3 heteroatoms. The van der Waals surface area contributed by atoms with E-state index in [1.807, 2.05) is 0 Å². The third-order valence-electron chi connectivity index (χ3n) is 4.29. The Morgan fingerprint density at radius 2 is 2.06 bits per heavy atom. The molecule has 2 fully saturated rings. The smallest absolute Gasteiger partial charge is 0.0617 e. The molecule has 1 saturated carbocycles. The number of rotatable bonds is 6. The van der Waals surface area contributed by atoms with Gasteiger partial charge in [-0.3, -0.25) is 0 Å². The Bertz CT molecular complexity index is 270. The average molecular weight is 255 g/mol. The molecule has 1 aliphatic heterocycles. The van der Waals surface area contributed by atoms with Crippen LogP contribution in [0.3, 0.4) is 0 Å². The van der Waals surface area contributed by atoms with E-state index in [0.717, 1.165) is 32.2 Å². The lowest BCUT2D eigenvalue weighted by molar-refractivity contribution is -0.0297. The van der Waals surface area contributed by atoms with E-state index in [4.69, 9.17) is 9.47 Å². The fourth-order valence-electron chi connectivity index (χ4n) is 2.66. The van der Waals surface area contributed by atoms with E-state index in [0.29, 0.717) is 6.10 Å². The van der Waals surface area contributed by atoms with Crippen LogP contribution in [-0.4, -0.2) is 37.5 Å². The molecule has 1 N–H and O–H groups in total. The molecule has 2 rings (SSSR count). The summed E-state index contributed by atoms with van der Waals surface area (Å²) >= 11 is 0. The van der Waals surface area contributed by atoms with Crippen LogP contribution in [0, 0.1) is 5.41 Å². The van der Waals surface area contributed by atoms with Crippen molar-refractivity contribution in [2.24, 2.45) is 5.41 Å². The fraction of sp³-hybridized carbons (Fsp3) is 1.00. The fourth-order valence-corrected chi connectivity index (χ4v) is 2.66. The van der Waals surface area contributed by atoms with Gasteiger partial charge in [0.15, 0.2) is 0 Å². The molecule has 1 heterocycles. The summed E-state index contributed by atoms with van der Waals surface area (Å²) in [7, 11) is 0. The topological polar surface area (TPSA) is 30.5 Å². The van der Waals surface area contributed by atoms with Gasteiger partial charge in [-0.05, 0) is 53.4 Å². The van der Waals surface area contributed by atoms with Gasteiger partial charge >= 0.3 is 0 Å². The van der Waals surface area contributed by atoms with E-state index in [-0.39, 0.29) is 11.0 Å². The first kappa shape index (κ1) is 14.3.